The highest BCUT2D eigenvalue weighted by atomic mass is 16.3. The Kier molecular flexibility index (Phi) is 7.00. The molecule has 0 saturated carbocycles. The highest BCUT2D eigenvalue weighted by Crippen LogP contribution is 2.26. The molecule has 156 valence electrons. The van der Waals surface area contributed by atoms with Crippen LogP contribution in [0.5, 0.6) is 0 Å². The Labute approximate surface area is 182 Å². The summed E-state index contributed by atoms with van der Waals surface area (Å²) in [5.41, 5.74) is 6.50. The lowest BCUT2D eigenvalue weighted by Gasteiger charge is -2.09. The lowest BCUT2D eigenvalue weighted by Crippen LogP contribution is -2.20. The van der Waals surface area contributed by atoms with Crippen LogP contribution in [-0.2, 0) is 6.42 Å². The predicted octanol–water partition coefficient (Wildman–Crippen LogP) is 4.68. The minimum absolute atomic E-state index is 0.167. The fourth-order valence-electron chi connectivity index (χ4n) is 3.41. The van der Waals surface area contributed by atoms with Gasteiger partial charge in [0.1, 0.15) is 12.1 Å². The number of benzene rings is 3. The number of hydrogen-bond donors (Lipinski definition) is 3. The molecule has 0 unspecified atom stereocenters. The monoisotopic (exact) mass is 410 g/mol. The number of nitrogens with zero attached hydrogens (tertiary/aromatic N) is 2. The molecule has 0 saturated heterocycles. The highest BCUT2D eigenvalue weighted by molar-refractivity contribution is 5.72. The summed E-state index contributed by atoms with van der Waals surface area (Å²) in [5.74, 6) is 0.757. The third-order valence-electron chi connectivity index (χ3n) is 5.04. The van der Waals surface area contributed by atoms with Crippen LogP contribution < -0.4 is 10.6 Å². The van der Waals surface area contributed by atoms with Gasteiger partial charge in [-0.05, 0) is 47.9 Å². The Bertz CT molecular complexity index is 1100. The topological polar surface area (TPSA) is 70.1 Å². The average Bonchev–Trinajstić information content (AvgIpc) is 2.84. The van der Waals surface area contributed by atoms with Crippen molar-refractivity contribution >= 4 is 11.5 Å². The summed E-state index contributed by atoms with van der Waals surface area (Å²) in [5, 5.41) is 15.4. The quantitative estimate of drug-likeness (QED) is 0.350. The lowest BCUT2D eigenvalue weighted by atomic mass is 10.0. The Hall–Kier alpha value is -3.54. The van der Waals surface area contributed by atoms with E-state index in [0.29, 0.717) is 6.54 Å². The predicted molar refractivity (Wildman–Crippen MR) is 126 cm³/mol. The lowest BCUT2D eigenvalue weighted by molar-refractivity contribution is 0.293. The molecule has 0 aliphatic carbocycles. The molecule has 5 heteroatoms. The second-order valence-electron chi connectivity index (χ2n) is 7.28. The largest absolute Gasteiger partial charge is 0.395 e. The first kappa shape index (κ1) is 20.7. The molecule has 1 aromatic heterocycles. The number of rotatable bonds is 9. The fourth-order valence-corrected chi connectivity index (χ4v) is 3.41. The fraction of sp³-hybridized carbons (Fsp3) is 0.154. The molecule has 1 heterocycles. The molecule has 0 bridgehead atoms. The van der Waals surface area contributed by atoms with Crippen LogP contribution in [0.3, 0.4) is 0 Å². The molecule has 0 radical (unpaired) electrons. The van der Waals surface area contributed by atoms with Crippen LogP contribution in [0.15, 0.2) is 91.3 Å². The van der Waals surface area contributed by atoms with Gasteiger partial charge in [0.25, 0.3) is 0 Å². The normalized spacial score (nSPS) is 10.7. The molecule has 5 nitrogen and oxygen atoms in total. The van der Waals surface area contributed by atoms with Crippen LogP contribution in [-0.4, -0.2) is 34.8 Å². The van der Waals surface area contributed by atoms with Crippen LogP contribution in [0.1, 0.15) is 5.56 Å². The van der Waals surface area contributed by atoms with Crippen LogP contribution in [0.2, 0.25) is 0 Å². The smallest absolute Gasteiger partial charge is 0.134 e. The van der Waals surface area contributed by atoms with Crippen molar-refractivity contribution in [3.8, 4) is 22.4 Å². The Morgan fingerprint density at radius 3 is 2.29 bits per heavy atom. The zero-order valence-electron chi connectivity index (χ0n) is 17.3. The van der Waals surface area contributed by atoms with Gasteiger partial charge in [-0.25, -0.2) is 9.97 Å². The summed E-state index contributed by atoms with van der Waals surface area (Å²) in [6.45, 7) is 1.65. The van der Waals surface area contributed by atoms with Crippen molar-refractivity contribution < 1.29 is 5.11 Å². The number of anilines is 2. The van der Waals surface area contributed by atoms with Gasteiger partial charge in [0.05, 0.1) is 12.3 Å². The third kappa shape index (κ3) is 5.75. The molecular formula is C26H26N4O. The highest BCUT2D eigenvalue weighted by Gasteiger charge is 2.05. The minimum atomic E-state index is 0.167. The number of aliphatic hydroxyl groups is 1. The Morgan fingerprint density at radius 1 is 0.710 bits per heavy atom. The Morgan fingerprint density at radius 2 is 1.48 bits per heavy atom. The van der Waals surface area contributed by atoms with Gasteiger partial charge < -0.3 is 15.7 Å². The molecule has 31 heavy (non-hydrogen) atoms. The summed E-state index contributed by atoms with van der Waals surface area (Å²) < 4.78 is 0. The van der Waals surface area contributed by atoms with E-state index in [9.17, 15) is 0 Å². The molecule has 0 atom stereocenters. The molecule has 3 N–H and O–H groups in total. The first-order valence-electron chi connectivity index (χ1n) is 10.5. The van der Waals surface area contributed by atoms with Gasteiger partial charge in [0, 0.05) is 23.9 Å². The van der Waals surface area contributed by atoms with E-state index in [0.717, 1.165) is 41.3 Å². The van der Waals surface area contributed by atoms with E-state index in [-0.39, 0.29) is 6.61 Å². The van der Waals surface area contributed by atoms with Gasteiger partial charge >= 0.3 is 0 Å². The maximum absolute atomic E-state index is 8.82. The SMILES string of the molecule is OCCNCCc1ccc(Nc2cc(-c3cccc(-c4ccccc4)c3)ncn2)cc1. The van der Waals surface area contributed by atoms with E-state index in [4.69, 9.17) is 5.11 Å². The van der Waals surface area contributed by atoms with Gasteiger partial charge in [-0.1, -0.05) is 60.7 Å². The van der Waals surface area contributed by atoms with Gasteiger partial charge in [0.2, 0.25) is 0 Å². The summed E-state index contributed by atoms with van der Waals surface area (Å²) >= 11 is 0. The van der Waals surface area contributed by atoms with E-state index in [1.165, 1.54) is 11.1 Å². The summed E-state index contributed by atoms with van der Waals surface area (Å²) in [4.78, 5) is 8.85. The van der Waals surface area contributed by atoms with Crippen molar-refractivity contribution in [1.82, 2.24) is 15.3 Å². The molecule has 0 fully saturated rings. The maximum Gasteiger partial charge on any atom is 0.134 e. The molecule has 0 aliphatic heterocycles. The number of nitrogens with one attached hydrogen (secondary N) is 2. The second-order valence-corrected chi connectivity index (χ2v) is 7.28. The van der Waals surface area contributed by atoms with Crippen LogP contribution in [0.25, 0.3) is 22.4 Å². The van der Waals surface area contributed by atoms with Crippen molar-refractivity contribution in [3.63, 3.8) is 0 Å². The van der Waals surface area contributed by atoms with Crippen molar-refractivity contribution in [2.75, 3.05) is 25.0 Å². The van der Waals surface area contributed by atoms with E-state index in [1.54, 1.807) is 6.33 Å². The third-order valence-corrected chi connectivity index (χ3v) is 5.04. The summed E-state index contributed by atoms with van der Waals surface area (Å²) in [6, 6.07) is 29.0. The van der Waals surface area contributed by atoms with Gasteiger partial charge in [-0.2, -0.15) is 0 Å². The van der Waals surface area contributed by atoms with Crippen molar-refractivity contribution in [1.29, 1.82) is 0 Å². The molecule has 0 amide bonds. The number of aromatic nitrogens is 2. The number of hydrogen-bond acceptors (Lipinski definition) is 5. The maximum atomic E-state index is 8.82. The van der Waals surface area contributed by atoms with E-state index < -0.39 is 0 Å². The van der Waals surface area contributed by atoms with Gasteiger partial charge in [0.15, 0.2) is 0 Å². The summed E-state index contributed by atoms with van der Waals surface area (Å²) in [6.07, 6.45) is 2.52. The van der Waals surface area contributed by atoms with Crippen molar-refractivity contribution in [2.24, 2.45) is 0 Å². The van der Waals surface area contributed by atoms with E-state index in [1.807, 2.05) is 24.3 Å². The zero-order chi connectivity index (χ0) is 21.3. The zero-order valence-corrected chi connectivity index (χ0v) is 17.3. The number of aliphatic hydroxyl groups excluding tert-OH is 1. The molecule has 0 spiro atoms. The molecule has 3 aromatic carbocycles. The minimum Gasteiger partial charge on any atom is -0.395 e. The summed E-state index contributed by atoms with van der Waals surface area (Å²) in [7, 11) is 0. The van der Waals surface area contributed by atoms with E-state index >= 15 is 0 Å². The van der Waals surface area contributed by atoms with Crippen LogP contribution >= 0.6 is 0 Å². The molecule has 0 aliphatic rings. The molecule has 4 aromatic rings. The molecular weight excluding hydrogens is 384 g/mol. The van der Waals surface area contributed by atoms with Crippen LogP contribution in [0, 0.1) is 0 Å². The first-order valence-corrected chi connectivity index (χ1v) is 10.5. The van der Waals surface area contributed by atoms with Gasteiger partial charge in [-0.3, -0.25) is 0 Å². The van der Waals surface area contributed by atoms with Crippen molar-refractivity contribution in [2.45, 2.75) is 6.42 Å². The van der Waals surface area contributed by atoms with Gasteiger partial charge in [-0.15, -0.1) is 0 Å². The van der Waals surface area contributed by atoms with E-state index in [2.05, 4.69) is 81.3 Å². The standard InChI is InChI=1S/C26H26N4O/c31-16-15-27-14-13-20-9-11-24(12-10-20)30-26-18-25(28-19-29-26)23-8-4-7-22(17-23)21-5-2-1-3-6-21/h1-12,17-19,27,31H,13-16H2,(H,28,29,30). The second kappa shape index (κ2) is 10.5. The van der Waals surface area contributed by atoms with Crippen molar-refractivity contribution in [3.05, 3.63) is 96.8 Å². The Balaban J connectivity index is 1.45. The average molecular weight is 411 g/mol. The first-order chi connectivity index (χ1) is 15.3. The molecule has 4 rings (SSSR count). The van der Waals surface area contributed by atoms with Crippen LogP contribution in [0.4, 0.5) is 11.5 Å².